The minimum absolute atomic E-state index is 0.00462. The van der Waals surface area contributed by atoms with E-state index in [0.717, 1.165) is 0 Å². The molecule has 0 saturated carbocycles. The van der Waals surface area contributed by atoms with E-state index in [-0.39, 0.29) is 37.8 Å². The zero-order valence-electron chi connectivity index (χ0n) is 15.7. The number of Topliss-reactive ketones (excluding diaryl/α,β-unsaturated/α-hetero) is 1. The molecule has 2 atom stereocenters. The lowest BCUT2D eigenvalue weighted by atomic mass is 9.97. The van der Waals surface area contributed by atoms with Crippen LogP contribution in [0.15, 0.2) is 4.42 Å². The van der Waals surface area contributed by atoms with Crippen molar-refractivity contribution >= 4 is 11.7 Å². The molecule has 1 N–H and O–H groups in total. The fraction of sp³-hybridized carbons (Fsp3) is 0.765. The highest BCUT2D eigenvalue weighted by Crippen LogP contribution is 2.26. The molecule has 9 heteroatoms. The first-order chi connectivity index (χ1) is 12.1. The third kappa shape index (κ3) is 4.85. The van der Waals surface area contributed by atoms with Crippen LogP contribution >= 0.6 is 0 Å². The molecule has 0 bridgehead atoms. The molecule has 2 heterocycles. The van der Waals surface area contributed by atoms with Crippen LogP contribution in [-0.2, 0) is 10.2 Å². The van der Waals surface area contributed by atoms with Gasteiger partial charge in [0, 0.05) is 31.3 Å². The molecule has 2 rings (SSSR count). The largest absolute Gasteiger partial charge is 0.418 e. The zero-order chi connectivity index (χ0) is 19.5. The van der Waals surface area contributed by atoms with Gasteiger partial charge in [0.05, 0.1) is 13.2 Å². The van der Waals surface area contributed by atoms with Gasteiger partial charge >= 0.3 is 0 Å². The van der Waals surface area contributed by atoms with E-state index >= 15 is 0 Å². The van der Waals surface area contributed by atoms with Gasteiger partial charge in [0.15, 0.2) is 0 Å². The van der Waals surface area contributed by atoms with Gasteiger partial charge in [0.25, 0.3) is 5.89 Å². The lowest BCUT2D eigenvalue weighted by Crippen LogP contribution is -2.42. The fourth-order valence-corrected chi connectivity index (χ4v) is 2.79. The summed E-state index contributed by atoms with van der Waals surface area (Å²) in [5, 5.41) is 16.6. The van der Waals surface area contributed by atoms with E-state index in [2.05, 4.69) is 10.2 Å². The molecule has 0 aromatic carbocycles. The first-order valence-electron chi connectivity index (χ1n) is 8.74. The summed E-state index contributed by atoms with van der Waals surface area (Å²) in [6, 6.07) is -0.922. The number of aromatic nitrogens is 2. The van der Waals surface area contributed by atoms with Gasteiger partial charge in [-0.05, 0) is 7.05 Å². The fourth-order valence-electron chi connectivity index (χ4n) is 2.79. The molecule has 0 aliphatic carbocycles. The highest BCUT2D eigenvalue weighted by Gasteiger charge is 2.42. The number of likely N-dealkylation sites (N-methyl/N-ethyl adjacent to an activating group) is 1. The van der Waals surface area contributed by atoms with Gasteiger partial charge < -0.3 is 19.3 Å². The van der Waals surface area contributed by atoms with Crippen molar-refractivity contribution in [3.63, 3.8) is 0 Å². The lowest BCUT2D eigenvalue weighted by Gasteiger charge is -2.23. The topological polar surface area (TPSA) is 99.8 Å². The molecule has 26 heavy (non-hydrogen) atoms. The number of nitrogens with zero attached hydrogens (tertiary/aromatic N) is 4. The van der Waals surface area contributed by atoms with E-state index < -0.39 is 23.4 Å². The Morgan fingerprint density at radius 2 is 2.04 bits per heavy atom. The maximum atomic E-state index is 13.9. The van der Waals surface area contributed by atoms with Crippen LogP contribution in [0.5, 0.6) is 0 Å². The molecule has 0 spiro atoms. The van der Waals surface area contributed by atoms with Gasteiger partial charge in [-0.15, -0.1) is 10.2 Å². The number of hydrogen-bond donors (Lipinski definition) is 1. The number of carbonyl (C=O) groups excluding carboxylic acids is 2. The van der Waals surface area contributed by atoms with E-state index in [1.165, 1.54) is 4.90 Å². The quantitative estimate of drug-likeness (QED) is 0.709. The van der Waals surface area contributed by atoms with Gasteiger partial charge in [0.2, 0.25) is 17.6 Å². The van der Waals surface area contributed by atoms with Gasteiger partial charge in [-0.3, -0.25) is 9.59 Å². The Kier molecular flexibility index (Phi) is 6.46. The molecule has 146 valence electrons. The van der Waals surface area contributed by atoms with E-state index in [1.807, 2.05) is 20.8 Å². The average molecular weight is 370 g/mol. The predicted molar refractivity (Wildman–Crippen MR) is 91.5 cm³/mol. The second kappa shape index (κ2) is 8.22. The Balaban J connectivity index is 2.07. The number of alkyl halides is 1. The molecule has 1 aliphatic rings. The lowest BCUT2D eigenvalue weighted by molar-refractivity contribution is -0.131. The van der Waals surface area contributed by atoms with Gasteiger partial charge in [0.1, 0.15) is 12.2 Å². The van der Waals surface area contributed by atoms with Crippen molar-refractivity contribution in [2.45, 2.75) is 51.2 Å². The van der Waals surface area contributed by atoms with Crippen molar-refractivity contribution in [1.82, 2.24) is 20.0 Å². The zero-order valence-corrected chi connectivity index (χ0v) is 15.7. The first-order valence-corrected chi connectivity index (χ1v) is 8.74. The molecule has 1 amide bonds. The summed E-state index contributed by atoms with van der Waals surface area (Å²) in [5.41, 5.74) is -0.406. The highest BCUT2D eigenvalue weighted by atomic mass is 19.1. The Labute approximate surface area is 152 Å². The standard InChI is InChI=1S/C17H27FN4O4/c1-17(2,3)16-20-19-15(26-16)14(25)12-9-11(18)10-22(12)13(24)5-6-21(4)7-8-23/h11-12,23H,5-10H2,1-4H3/t11-,12?/m0/s1. The Morgan fingerprint density at radius 3 is 2.62 bits per heavy atom. The minimum Gasteiger partial charge on any atom is -0.418 e. The first kappa shape index (κ1) is 20.4. The second-order valence-corrected chi connectivity index (χ2v) is 7.70. The molecule has 0 radical (unpaired) electrons. The van der Waals surface area contributed by atoms with Gasteiger partial charge in [-0.1, -0.05) is 20.8 Å². The van der Waals surface area contributed by atoms with Crippen LogP contribution in [-0.4, -0.2) is 82.3 Å². The van der Waals surface area contributed by atoms with E-state index in [4.69, 9.17) is 9.52 Å². The molecule has 1 saturated heterocycles. The summed E-state index contributed by atoms with van der Waals surface area (Å²) >= 11 is 0. The third-order valence-corrected chi connectivity index (χ3v) is 4.34. The number of hydrogen-bond acceptors (Lipinski definition) is 7. The van der Waals surface area contributed by atoms with Crippen molar-refractivity contribution < 1.29 is 23.5 Å². The smallest absolute Gasteiger partial charge is 0.286 e. The molecule has 1 fully saturated rings. The molecular weight excluding hydrogens is 343 g/mol. The molecule has 1 aromatic heterocycles. The van der Waals surface area contributed by atoms with Crippen LogP contribution in [0, 0.1) is 0 Å². The summed E-state index contributed by atoms with van der Waals surface area (Å²) in [7, 11) is 1.78. The van der Waals surface area contributed by atoms with Crippen LogP contribution in [0.1, 0.15) is 50.2 Å². The number of likely N-dealkylation sites (tertiary alicyclic amines) is 1. The number of halogens is 1. The SMILES string of the molecule is CN(CCO)CCC(=O)N1C[C@@H](F)CC1C(=O)c1nnc(C(C)(C)C)o1. The molecule has 1 aliphatic heterocycles. The Hall–Kier alpha value is -1.87. The van der Waals surface area contributed by atoms with E-state index in [1.54, 1.807) is 11.9 Å². The van der Waals surface area contributed by atoms with Crippen molar-refractivity contribution in [3.05, 3.63) is 11.8 Å². The second-order valence-electron chi connectivity index (χ2n) is 7.70. The number of aliphatic hydroxyl groups excluding tert-OH is 1. The highest BCUT2D eigenvalue weighted by molar-refractivity contribution is 5.98. The number of ketones is 1. The van der Waals surface area contributed by atoms with Gasteiger partial charge in [-0.25, -0.2) is 4.39 Å². The Bertz CT molecular complexity index is 643. The maximum absolute atomic E-state index is 13.9. The van der Waals surface area contributed by atoms with Crippen molar-refractivity contribution in [2.24, 2.45) is 0 Å². The van der Waals surface area contributed by atoms with Gasteiger partial charge in [-0.2, -0.15) is 0 Å². The summed E-state index contributed by atoms with van der Waals surface area (Å²) in [5.74, 6) is -0.697. The van der Waals surface area contributed by atoms with Crippen molar-refractivity contribution in [3.8, 4) is 0 Å². The maximum Gasteiger partial charge on any atom is 0.286 e. The monoisotopic (exact) mass is 370 g/mol. The van der Waals surface area contributed by atoms with E-state index in [0.29, 0.717) is 19.0 Å². The van der Waals surface area contributed by atoms with Crippen LogP contribution in [0.2, 0.25) is 0 Å². The number of rotatable bonds is 7. The Morgan fingerprint density at radius 1 is 1.35 bits per heavy atom. The predicted octanol–water partition coefficient (Wildman–Crippen LogP) is 0.803. The molecule has 8 nitrogen and oxygen atoms in total. The normalized spacial score (nSPS) is 20.8. The third-order valence-electron chi connectivity index (χ3n) is 4.34. The summed E-state index contributed by atoms with van der Waals surface area (Å²) in [4.78, 5) is 28.2. The van der Waals surface area contributed by atoms with Crippen LogP contribution in [0.25, 0.3) is 0 Å². The van der Waals surface area contributed by atoms with Crippen LogP contribution < -0.4 is 0 Å². The average Bonchev–Trinajstić information content (AvgIpc) is 3.18. The number of carbonyl (C=O) groups is 2. The molecule has 1 aromatic rings. The van der Waals surface area contributed by atoms with Crippen molar-refractivity contribution in [1.29, 1.82) is 0 Å². The van der Waals surface area contributed by atoms with Crippen LogP contribution in [0.3, 0.4) is 0 Å². The molecular formula is C17H27FN4O4. The number of aliphatic hydroxyl groups is 1. The van der Waals surface area contributed by atoms with Crippen LogP contribution in [0.4, 0.5) is 4.39 Å². The molecule has 1 unspecified atom stereocenters. The van der Waals surface area contributed by atoms with E-state index in [9.17, 15) is 14.0 Å². The summed E-state index contributed by atoms with van der Waals surface area (Å²) < 4.78 is 19.4. The minimum atomic E-state index is -1.26. The summed E-state index contributed by atoms with van der Waals surface area (Å²) in [6.45, 7) is 6.37. The number of amides is 1. The summed E-state index contributed by atoms with van der Waals surface area (Å²) in [6.07, 6.45) is -1.18. The van der Waals surface area contributed by atoms with Crippen molar-refractivity contribution in [2.75, 3.05) is 33.3 Å².